The summed E-state index contributed by atoms with van der Waals surface area (Å²) in [6.45, 7) is 3.27. The molecule has 2 heterocycles. The lowest BCUT2D eigenvalue weighted by Gasteiger charge is -2.04. The van der Waals surface area contributed by atoms with Crippen LogP contribution in [0.25, 0.3) is 11.1 Å². The molecular weight excluding hydrogens is 202 g/mol. The van der Waals surface area contributed by atoms with Gasteiger partial charge in [-0.2, -0.15) is 0 Å². The van der Waals surface area contributed by atoms with E-state index in [4.69, 9.17) is 0 Å². The minimum Gasteiger partial charge on any atom is -0.384 e. The summed E-state index contributed by atoms with van der Waals surface area (Å²) < 4.78 is 0. The second kappa shape index (κ2) is 3.38. The number of aryl methyl sites for hydroxylation is 1. The predicted octanol–water partition coefficient (Wildman–Crippen LogP) is 3.69. The molecule has 76 valence electrons. The van der Waals surface area contributed by atoms with Gasteiger partial charge in [-0.15, -0.1) is 11.3 Å². The van der Waals surface area contributed by atoms with Gasteiger partial charge in [0, 0.05) is 17.1 Å². The molecule has 1 aliphatic heterocycles. The first-order valence-electron chi connectivity index (χ1n) is 5.26. The highest BCUT2D eigenvalue weighted by Gasteiger charge is 2.11. The molecule has 0 amide bonds. The van der Waals surface area contributed by atoms with E-state index < -0.39 is 0 Å². The molecular formula is C13H13NS. The van der Waals surface area contributed by atoms with Gasteiger partial charge in [-0.25, -0.2) is 0 Å². The molecule has 0 atom stereocenters. The van der Waals surface area contributed by atoms with Crippen LogP contribution >= 0.6 is 11.3 Å². The lowest BCUT2D eigenvalue weighted by Crippen LogP contribution is -1.90. The van der Waals surface area contributed by atoms with Crippen LogP contribution in [0.15, 0.2) is 29.6 Å². The average Bonchev–Trinajstić information content (AvgIpc) is 2.84. The van der Waals surface area contributed by atoms with E-state index in [-0.39, 0.29) is 0 Å². The van der Waals surface area contributed by atoms with Crippen LogP contribution in [0.4, 0.5) is 5.69 Å². The van der Waals surface area contributed by atoms with Gasteiger partial charge in [0.05, 0.1) is 0 Å². The lowest BCUT2D eigenvalue weighted by molar-refractivity contribution is 1.11. The molecule has 1 aliphatic rings. The number of thiophene rings is 1. The fourth-order valence-electron chi connectivity index (χ4n) is 2.16. The first kappa shape index (κ1) is 8.98. The predicted molar refractivity (Wildman–Crippen MR) is 66.7 cm³/mol. The van der Waals surface area contributed by atoms with E-state index in [1.54, 1.807) is 0 Å². The molecule has 0 fully saturated rings. The standard InChI is InChI=1S/C13H13NS/c1-9-12(5-7-15-9)10-2-3-13-11(8-10)4-6-14-13/h2-3,5,7-8,14H,4,6H2,1H3. The Bertz CT molecular complexity index is 499. The van der Waals surface area contributed by atoms with Crippen LogP contribution in [0.3, 0.4) is 0 Å². The Morgan fingerprint density at radius 1 is 1.27 bits per heavy atom. The summed E-state index contributed by atoms with van der Waals surface area (Å²) in [5.41, 5.74) is 5.51. The SMILES string of the molecule is Cc1sccc1-c1ccc2c(c1)CCN2. The van der Waals surface area contributed by atoms with Crippen molar-refractivity contribution in [3.05, 3.63) is 40.1 Å². The molecule has 2 aromatic rings. The highest BCUT2D eigenvalue weighted by molar-refractivity contribution is 7.10. The van der Waals surface area contributed by atoms with Crippen molar-refractivity contribution >= 4 is 17.0 Å². The van der Waals surface area contributed by atoms with Crippen LogP contribution < -0.4 is 5.32 Å². The third kappa shape index (κ3) is 1.45. The molecule has 0 bridgehead atoms. The monoisotopic (exact) mass is 215 g/mol. The van der Waals surface area contributed by atoms with Crippen molar-refractivity contribution in [1.82, 2.24) is 0 Å². The Labute approximate surface area is 93.8 Å². The van der Waals surface area contributed by atoms with E-state index in [1.165, 1.54) is 27.3 Å². The van der Waals surface area contributed by atoms with Crippen molar-refractivity contribution in [2.24, 2.45) is 0 Å². The third-order valence-electron chi connectivity index (χ3n) is 2.98. The molecule has 1 nitrogen and oxygen atoms in total. The number of hydrogen-bond donors (Lipinski definition) is 1. The number of anilines is 1. The van der Waals surface area contributed by atoms with Gasteiger partial charge >= 0.3 is 0 Å². The second-order valence-electron chi connectivity index (χ2n) is 3.94. The first-order chi connectivity index (χ1) is 7.34. The Kier molecular flexibility index (Phi) is 2.03. The van der Waals surface area contributed by atoms with E-state index >= 15 is 0 Å². The number of hydrogen-bond acceptors (Lipinski definition) is 2. The Morgan fingerprint density at radius 2 is 2.20 bits per heavy atom. The summed E-state index contributed by atoms with van der Waals surface area (Å²) in [6.07, 6.45) is 1.16. The molecule has 2 heteroatoms. The molecule has 15 heavy (non-hydrogen) atoms. The lowest BCUT2D eigenvalue weighted by atomic mass is 10.0. The number of rotatable bonds is 1. The molecule has 0 unspecified atom stereocenters. The van der Waals surface area contributed by atoms with Crippen LogP contribution in [0, 0.1) is 6.92 Å². The first-order valence-corrected chi connectivity index (χ1v) is 6.14. The van der Waals surface area contributed by atoms with E-state index in [9.17, 15) is 0 Å². The minimum atomic E-state index is 1.08. The summed E-state index contributed by atoms with van der Waals surface area (Å²) in [7, 11) is 0. The van der Waals surface area contributed by atoms with E-state index in [1.807, 2.05) is 11.3 Å². The zero-order chi connectivity index (χ0) is 10.3. The fourth-order valence-corrected chi connectivity index (χ4v) is 2.88. The molecule has 1 aromatic heterocycles. The smallest absolute Gasteiger partial charge is 0.0373 e. The normalized spacial score (nSPS) is 13.7. The van der Waals surface area contributed by atoms with Crippen molar-refractivity contribution in [2.45, 2.75) is 13.3 Å². The summed E-state index contributed by atoms with van der Waals surface area (Å²) in [4.78, 5) is 1.40. The van der Waals surface area contributed by atoms with Gasteiger partial charge in [0.25, 0.3) is 0 Å². The third-order valence-corrected chi connectivity index (χ3v) is 3.83. The summed E-state index contributed by atoms with van der Waals surface area (Å²) in [5, 5.41) is 5.55. The molecule has 0 radical (unpaired) electrons. The topological polar surface area (TPSA) is 12.0 Å². The molecule has 0 saturated carbocycles. The minimum absolute atomic E-state index is 1.08. The molecule has 0 aliphatic carbocycles. The zero-order valence-electron chi connectivity index (χ0n) is 8.71. The molecule has 1 aromatic carbocycles. The van der Waals surface area contributed by atoms with Gasteiger partial charge in [-0.05, 0) is 53.6 Å². The molecule has 3 rings (SSSR count). The van der Waals surface area contributed by atoms with E-state index in [0.717, 1.165) is 13.0 Å². The van der Waals surface area contributed by atoms with Gasteiger partial charge < -0.3 is 5.32 Å². The Balaban J connectivity index is 2.11. The summed E-state index contributed by atoms with van der Waals surface area (Å²) in [6, 6.07) is 8.95. The van der Waals surface area contributed by atoms with Gasteiger partial charge in [0.15, 0.2) is 0 Å². The fraction of sp³-hybridized carbons (Fsp3) is 0.231. The van der Waals surface area contributed by atoms with Crippen molar-refractivity contribution in [3.8, 4) is 11.1 Å². The van der Waals surface area contributed by atoms with Crippen molar-refractivity contribution in [2.75, 3.05) is 11.9 Å². The van der Waals surface area contributed by atoms with Gasteiger partial charge in [0.2, 0.25) is 0 Å². The van der Waals surface area contributed by atoms with Gasteiger partial charge in [-0.3, -0.25) is 0 Å². The Hall–Kier alpha value is -1.28. The van der Waals surface area contributed by atoms with Crippen molar-refractivity contribution < 1.29 is 0 Å². The zero-order valence-corrected chi connectivity index (χ0v) is 9.53. The molecule has 1 N–H and O–H groups in total. The highest BCUT2D eigenvalue weighted by atomic mass is 32.1. The maximum atomic E-state index is 3.39. The maximum Gasteiger partial charge on any atom is 0.0373 e. The number of nitrogens with one attached hydrogen (secondary N) is 1. The number of benzene rings is 1. The van der Waals surface area contributed by atoms with Crippen LogP contribution in [0.5, 0.6) is 0 Å². The molecule has 0 spiro atoms. The average molecular weight is 215 g/mol. The van der Waals surface area contributed by atoms with Gasteiger partial charge in [-0.1, -0.05) is 6.07 Å². The number of fused-ring (bicyclic) bond motifs is 1. The summed E-state index contributed by atoms with van der Waals surface area (Å²) >= 11 is 1.82. The van der Waals surface area contributed by atoms with Crippen LogP contribution in [-0.2, 0) is 6.42 Å². The van der Waals surface area contributed by atoms with Crippen LogP contribution in [0.2, 0.25) is 0 Å². The van der Waals surface area contributed by atoms with Crippen LogP contribution in [-0.4, -0.2) is 6.54 Å². The van der Waals surface area contributed by atoms with E-state index in [0.29, 0.717) is 0 Å². The van der Waals surface area contributed by atoms with Crippen molar-refractivity contribution in [3.63, 3.8) is 0 Å². The Morgan fingerprint density at radius 3 is 3.00 bits per heavy atom. The molecule has 0 saturated heterocycles. The quantitative estimate of drug-likeness (QED) is 0.765. The highest BCUT2D eigenvalue weighted by Crippen LogP contribution is 2.32. The second-order valence-corrected chi connectivity index (χ2v) is 5.06. The largest absolute Gasteiger partial charge is 0.384 e. The summed E-state index contributed by atoms with van der Waals surface area (Å²) in [5.74, 6) is 0. The van der Waals surface area contributed by atoms with E-state index in [2.05, 4.69) is 41.9 Å². The van der Waals surface area contributed by atoms with Gasteiger partial charge in [0.1, 0.15) is 0 Å². The van der Waals surface area contributed by atoms with Crippen molar-refractivity contribution in [1.29, 1.82) is 0 Å². The van der Waals surface area contributed by atoms with Crippen LogP contribution in [0.1, 0.15) is 10.4 Å². The maximum absolute atomic E-state index is 3.39.